The van der Waals surface area contributed by atoms with Gasteiger partial charge in [-0.3, -0.25) is 9.59 Å². The number of amides is 1. The summed E-state index contributed by atoms with van der Waals surface area (Å²) in [5.74, 6) is -0.550. The highest BCUT2D eigenvalue weighted by Crippen LogP contribution is 2.40. The molecule has 2 bridgehead atoms. The molecule has 1 amide bonds. The smallest absolute Gasteiger partial charge is 0.309 e. The van der Waals surface area contributed by atoms with Crippen molar-refractivity contribution in [3.63, 3.8) is 0 Å². The summed E-state index contributed by atoms with van der Waals surface area (Å²) < 4.78 is 4.69. The van der Waals surface area contributed by atoms with Gasteiger partial charge in [0, 0.05) is 18.1 Å². The molecule has 1 saturated carbocycles. The number of hydrogen-bond acceptors (Lipinski definition) is 4. The molecule has 3 fully saturated rings. The molecule has 5 heteroatoms. The maximum Gasteiger partial charge on any atom is 0.309 e. The zero-order valence-electron chi connectivity index (χ0n) is 12.3. The van der Waals surface area contributed by atoms with Crippen LogP contribution in [-0.4, -0.2) is 49.1 Å². The van der Waals surface area contributed by atoms with Crippen molar-refractivity contribution in [2.75, 3.05) is 14.2 Å². The van der Waals surface area contributed by atoms with Crippen LogP contribution in [0.5, 0.6) is 0 Å². The predicted molar refractivity (Wildman–Crippen MR) is 74.0 cm³/mol. The third kappa shape index (κ3) is 2.55. The summed E-state index contributed by atoms with van der Waals surface area (Å²) in [5.41, 5.74) is 0. The summed E-state index contributed by atoms with van der Waals surface area (Å²) in [6, 6.07) is 1.51. The van der Waals surface area contributed by atoms with E-state index in [1.807, 2.05) is 0 Å². The van der Waals surface area contributed by atoms with Crippen molar-refractivity contribution < 1.29 is 14.3 Å². The predicted octanol–water partition coefficient (Wildman–Crippen LogP) is 0.927. The number of piperidine rings is 2. The largest absolute Gasteiger partial charge is 0.469 e. The summed E-state index contributed by atoms with van der Waals surface area (Å²) in [7, 11) is 3.59. The highest BCUT2D eigenvalue weighted by atomic mass is 16.5. The van der Waals surface area contributed by atoms with Crippen molar-refractivity contribution in [2.24, 2.45) is 11.8 Å². The number of rotatable bonds is 3. The highest BCUT2D eigenvalue weighted by Gasteiger charge is 2.49. The molecule has 1 aliphatic carbocycles. The minimum Gasteiger partial charge on any atom is -0.469 e. The average molecular weight is 280 g/mol. The maximum atomic E-state index is 12.2. The fourth-order valence-electron chi connectivity index (χ4n) is 3.94. The van der Waals surface area contributed by atoms with Gasteiger partial charge in [-0.25, -0.2) is 0 Å². The van der Waals surface area contributed by atoms with Gasteiger partial charge in [-0.15, -0.1) is 0 Å². The Labute approximate surface area is 120 Å². The lowest BCUT2D eigenvalue weighted by Crippen LogP contribution is -2.55. The van der Waals surface area contributed by atoms with E-state index in [9.17, 15) is 9.59 Å². The summed E-state index contributed by atoms with van der Waals surface area (Å²) in [4.78, 5) is 26.0. The van der Waals surface area contributed by atoms with Crippen LogP contribution >= 0.6 is 0 Å². The first-order valence-electron chi connectivity index (χ1n) is 7.70. The first-order valence-corrected chi connectivity index (χ1v) is 7.70. The SMILES string of the molecule is COC(=O)C1CC1C(=O)NC1CC2CCCC(C1)N2C. The summed E-state index contributed by atoms with van der Waals surface area (Å²) >= 11 is 0. The second-order valence-corrected chi connectivity index (χ2v) is 6.55. The van der Waals surface area contributed by atoms with Gasteiger partial charge in [0.1, 0.15) is 0 Å². The molecule has 4 atom stereocenters. The highest BCUT2D eigenvalue weighted by molar-refractivity contribution is 5.90. The van der Waals surface area contributed by atoms with Gasteiger partial charge in [0.2, 0.25) is 5.91 Å². The first-order chi connectivity index (χ1) is 9.60. The van der Waals surface area contributed by atoms with Gasteiger partial charge in [0.25, 0.3) is 0 Å². The quantitative estimate of drug-likeness (QED) is 0.781. The van der Waals surface area contributed by atoms with E-state index in [1.165, 1.54) is 26.4 Å². The van der Waals surface area contributed by atoms with Crippen molar-refractivity contribution >= 4 is 11.9 Å². The molecule has 0 aromatic heterocycles. The standard InChI is InChI=1S/C15H24N2O3/c1-17-10-4-3-5-11(17)7-9(6-10)16-14(18)12-8-13(12)15(19)20-2/h9-13H,3-8H2,1-2H3,(H,16,18). The van der Waals surface area contributed by atoms with Crippen molar-refractivity contribution in [3.05, 3.63) is 0 Å². The number of carbonyl (C=O) groups is 2. The van der Waals surface area contributed by atoms with Crippen LogP contribution < -0.4 is 5.32 Å². The molecule has 2 aliphatic heterocycles. The average Bonchev–Trinajstić information content (AvgIpc) is 3.19. The molecule has 4 unspecified atom stereocenters. The van der Waals surface area contributed by atoms with E-state index in [0.29, 0.717) is 18.5 Å². The zero-order valence-corrected chi connectivity index (χ0v) is 12.3. The van der Waals surface area contributed by atoms with Gasteiger partial charge in [-0.1, -0.05) is 6.42 Å². The number of methoxy groups -OCH3 is 1. The van der Waals surface area contributed by atoms with E-state index in [4.69, 9.17) is 4.74 Å². The molecule has 3 aliphatic rings. The molecule has 3 rings (SSSR count). The zero-order chi connectivity index (χ0) is 14.3. The normalized spacial score (nSPS) is 40.0. The first kappa shape index (κ1) is 13.9. The molecule has 0 aromatic carbocycles. The lowest BCUT2D eigenvalue weighted by molar-refractivity contribution is -0.143. The van der Waals surface area contributed by atoms with E-state index in [0.717, 1.165) is 12.8 Å². The van der Waals surface area contributed by atoms with Crippen molar-refractivity contribution in [1.82, 2.24) is 10.2 Å². The molecular weight excluding hydrogens is 256 g/mol. The van der Waals surface area contributed by atoms with Crippen molar-refractivity contribution in [2.45, 2.75) is 56.7 Å². The van der Waals surface area contributed by atoms with Gasteiger partial charge in [-0.05, 0) is 39.2 Å². The van der Waals surface area contributed by atoms with Gasteiger partial charge in [0.15, 0.2) is 0 Å². The van der Waals surface area contributed by atoms with E-state index in [1.54, 1.807) is 0 Å². The fraction of sp³-hybridized carbons (Fsp3) is 0.867. The Hall–Kier alpha value is -1.10. The number of esters is 1. The van der Waals surface area contributed by atoms with Crippen molar-refractivity contribution in [1.29, 1.82) is 0 Å². The monoisotopic (exact) mass is 280 g/mol. The van der Waals surface area contributed by atoms with Gasteiger partial charge in [-0.2, -0.15) is 0 Å². The molecule has 5 nitrogen and oxygen atoms in total. The molecular formula is C15H24N2O3. The molecule has 112 valence electrons. The molecule has 0 radical (unpaired) electrons. The number of carbonyl (C=O) groups excluding carboxylic acids is 2. The van der Waals surface area contributed by atoms with Crippen molar-refractivity contribution in [3.8, 4) is 0 Å². The lowest BCUT2D eigenvalue weighted by atomic mass is 9.82. The second-order valence-electron chi connectivity index (χ2n) is 6.55. The Bertz CT molecular complexity index is 398. The minimum absolute atomic E-state index is 0.0491. The number of ether oxygens (including phenoxy) is 1. The number of hydrogen-bond donors (Lipinski definition) is 1. The molecule has 0 spiro atoms. The van der Waals surface area contributed by atoms with Crippen LogP contribution in [0, 0.1) is 11.8 Å². The number of nitrogens with zero attached hydrogens (tertiary/aromatic N) is 1. The Morgan fingerprint density at radius 2 is 1.75 bits per heavy atom. The second kappa shape index (κ2) is 5.35. The third-order valence-electron chi connectivity index (χ3n) is 5.32. The summed E-state index contributed by atoms with van der Waals surface area (Å²) in [5, 5.41) is 3.17. The van der Waals surface area contributed by atoms with Crippen LogP contribution in [0.2, 0.25) is 0 Å². The molecule has 20 heavy (non-hydrogen) atoms. The minimum atomic E-state index is -0.245. The number of nitrogens with one attached hydrogen (secondary N) is 1. The lowest BCUT2D eigenvalue weighted by Gasteiger charge is -2.47. The van der Waals surface area contributed by atoms with Crippen LogP contribution in [0.3, 0.4) is 0 Å². The molecule has 1 N–H and O–H groups in total. The van der Waals surface area contributed by atoms with Crippen LogP contribution in [0.15, 0.2) is 0 Å². The molecule has 0 aromatic rings. The van der Waals surface area contributed by atoms with E-state index < -0.39 is 0 Å². The van der Waals surface area contributed by atoms with Crippen LogP contribution in [0.1, 0.15) is 38.5 Å². The third-order valence-corrected chi connectivity index (χ3v) is 5.32. The van der Waals surface area contributed by atoms with E-state index in [2.05, 4.69) is 17.3 Å². The fourth-order valence-corrected chi connectivity index (χ4v) is 3.94. The summed E-state index contributed by atoms with van der Waals surface area (Å²) in [6.45, 7) is 0. The van der Waals surface area contributed by atoms with Gasteiger partial charge in [0.05, 0.1) is 18.9 Å². The molecule has 2 heterocycles. The Kier molecular flexibility index (Phi) is 3.71. The van der Waals surface area contributed by atoms with Crippen LogP contribution in [-0.2, 0) is 14.3 Å². The van der Waals surface area contributed by atoms with E-state index >= 15 is 0 Å². The Morgan fingerprint density at radius 1 is 1.10 bits per heavy atom. The number of fused-ring (bicyclic) bond motifs is 2. The molecule has 2 saturated heterocycles. The van der Waals surface area contributed by atoms with Crippen LogP contribution in [0.25, 0.3) is 0 Å². The van der Waals surface area contributed by atoms with Gasteiger partial charge >= 0.3 is 5.97 Å². The van der Waals surface area contributed by atoms with E-state index in [-0.39, 0.29) is 29.8 Å². The Balaban J connectivity index is 1.52. The Morgan fingerprint density at radius 3 is 2.35 bits per heavy atom. The summed E-state index contributed by atoms with van der Waals surface area (Å²) in [6.07, 6.45) is 6.55. The maximum absolute atomic E-state index is 12.2. The topological polar surface area (TPSA) is 58.6 Å². The van der Waals surface area contributed by atoms with Gasteiger partial charge < -0.3 is 15.0 Å². The van der Waals surface area contributed by atoms with Crippen LogP contribution in [0.4, 0.5) is 0 Å².